The monoisotopic (exact) mass is 429 g/mol. The number of hydrogen-bond donors (Lipinski definition) is 2. The van der Waals surface area contributed by atoms with Gasteiger partial charge in [-0.3, -0.25) is 0 Å². The van der Waals surface area contributed by atoms with Gasteiger partial charge in [0.05, 0.1) is 6.04 Å². The van der Waals surface area contributed by atoms with Gasteiger partial charge >= 0.3 is 12.2 Å². The maximum atomic E-state index is 14.8. The van der Waals surface area contributed by atoms with Crippen molar-refractivity contribution in [3.05, 3.63) is 59.4 Å². The van der Waals surface area contributed by atoms with Crippen molar-refractivity contribution in [2.75, 3.05) is 37.7 Å². The summed E-state index contributed by atoms with van der Waals surface area (Å²) in [6.07, 6.45) is -1.22. The van der Waals surface area contributed by atoms with Gasteiger partial charge in [-0.15, -0.1) is 0 Å². The number of carbonyl (C=O) groups is 2. The van der Waals surface area contributed by atoms with Crippen LogP contribution in [0.5, 0.6) is 5.75 Å². The Labute approximate surface area is 179 Å². The molecular formula is C22H24FN3O5. The Morgan fingerprint density at radius 1 is 1.16 bits per heavy atom. The number of benzene rings is 2. The van der Waals surface area contributed by atoms with Crippen molar-refractivity contribution in [1.82, 2.24) is 10.2 Å². The summed E-state index contributed by atoms with van der Waals surface area (Å²) in [5.41, 5.74) is 1.95. The lowest BCUT2D eigenvalue weighted by Crippen LogP contribution is -2.48. The van der Waals surface area contributed by atoms with Crippen LogP contribution in [0.25, 0.3) is 0 Å². The number of ether oxygens (including phenoxy) is 2. The minimum atomic E-state index is -0.944. The molecule has 1 fully saturated rings. The Balaban J connectivity index is 1.34. The molecule has 2 heterocycles. The molecule has 4 rings (SSSR count). The molecule has 2 aliphatic rings. The summed E-state index contributed by atoms with van der Waals surface area (Å²) in [5, 5.41) is 11.8. The lowest BCUT2D eigenvalue weighted by atomic mass is 10.0. The van der Waals surface area contributed by atoms with Crippen molar-refractivity contribution in [1.29, 1.82) is 0 Å². The van der Waals surface area contributed by atoms with Crippen LogP contribution in [-0.4, -0.2) is 61.0 Å². The van der Waals surface area contributed by atoms with Gasteiger partial charge in [-0.2, -0.15) is 0 Å². The molecular weight excluding hydrogens is 405 g/mol. The molecule has 0 unspecified atom stereocenters. The van der Waals surface area contributed by atoms with Crippen LogP contribution in [0.3, 0.4) is 0 Å². The van der Waals surface area contributed by atoms with Crippen LogP contribution < -0.4 is 15.0 Å². The van der Waals surface area contributed by atoms with E-state index in [1.807, 2.05) is 35.2 Å². The highest BCUT2D eigenvalue weighted by molar-refractivity contribution is 5.68. The number of nitrogens with one attached hydrogen (secondary N) is 1. The zero-order valence-electron chi connectivity index (χ0n) is 16.9. The molecule has 2 aromatic carbocycles. The van der Waals surface area contributed by atoms with Gasteiger partial charge in [0.25, 0.3) is 0 Å². The van der Waals surface area contributed by atoms with Crippen molar-refractivity contribution in [3.8, 4) is 5.75 Å². The zero-order chi connectivity index (χ0) is 21.8. The zero-order valence-corrected chi connectivity index (χ0v) is 16.9. The van der Waals surface area contributed by atoms with Crippen LogP contribution in [0.15, 0.2) is 42.5 Å². The SMILES string of the molecule is O=C(N[C@H]1COc2cc(N3CCN(C(=O)O)CC3)cc(F)c2C1)OCc1ccccc1. The Morgan fingerprint density at radius 3 is 2.61 bits per heavy atom. The Bertz CT molecular complexity index is 948. The Kier molecular flexibility index (Phi) is 6.11. The highest BCUT2D eigenvalue weighted by Gasteiger charge is 2.27. The predicted octanol–water partition coefficient (Wildman–Crippen LogP) is 2.86. The third-order valence-electron chi connectivity index (χ3n) is 5.48. The molecule has 1 saturated heterocycles. The number of fused-ring (bicyclic) bond motifs is 1. The summed E-state index contributed by atoms with van der Waals surface area (Å²) in [4.78, 5) is 26.4. The van der Waals surface area contributed by atoms with E-state index in [9.17, 15) is 14.0 Å². The van der Waals surface area contributed by atoms with Crippen LogP contribution in [0, 0.1) is 5.82 Å². The molecule has 2 N–H and O–H groups in total. The first-order chi connectivity index (χ1) is 15.0. The van der Waals surface area contributed by atoms with Crippen LogP contribution in [0.4, 0.5) is 19.7 Å². The number of amides is 2. The van der Waals surface area contributed by atoms with E-state index in [1.165, 1.54) is 11.0 Å². The number of carbonyl (C=O) groups excluding carboxylic acids is 1. The molecule has 2 amide bonds. The number of anilines is 1. The fourth-order valence-electron chi connectivity index (χ4n) is 3.78. The second-order valence-corrected chi connectivity index (χ2v) is 7.58. The van der Waals surface area contributed by atoms with Gasteiger partial charge in [0.15, 0.2) is 0 Å². The lowest BCUT2D eigenvalue weighted by molar-refractivity contribution is 0.128. The smallest absolute Gasteiger partial charge is 0.407 e. The number of alkyl carbamates (subject to hydrolysis) is 1. The van der Waals surface area contributed by atoms with Crippen molar-refractivity contribution in [2.45, 2.75) is 19.1 Å². The highest BCUT2D eigenvalue weighted by Crippen LogP contribution is 2.33. The van der Waals surface area contributed by atoms with Gasteiger partial charge < -0.3 is 29.7 Å². The summed E-state index contributed by atoms with van der Waals surface area (Å²) in [7, 11) is 0. The average molecular weight is 429 g/mol. The second-order valence-electron chi connectivity index (χ2n) is 7.58. The van der Waals surface area contributed by atoms with Gasteiger partial charge in [0.2, 0.25) is 0 Å². The van der Waals surface area contributed by atoms with Gasteiger partial charge in [-0.1, -0.05) is 30.3 Å². The van der Waals surface area contributed by atoms with Crippen LogP contribution >= 0.6 is 0 Å². The fraction of sp³-hybridized carbons (Fsp3) is 0.364. The molecule has 0 radical (unpaired) electrons. The third kappa shape index (κ3) is 4.99. The molecule has 9 heteroatoms. The fourth-order valence-corrected chi connectivity index (χ4v) is 3.78. The van der Waals surface area contributed by atoms with Gasteiger partial charge in [-0.25, -0.2) is 14.0 Å². The average Bonchev–Trinajstić information content (AvgIpc) is 2.79. The predicted molar refractivity (Wildman–Crippen MR) is 111 cm³/mol. The molecule has 0 aliphatic carbocycles. The van der Waals surface area contributed by atoms with E-state index in [0.717, 1.165) is 5.56 Å². The Morgan fingerprint density at radius 2 is 1.90 bits per heavy atom. The second kappa shape index (κ2) is 9.11. The summed E-state index contributed by atoms with van der Waals surface area (Å²) < 4.78 is 25.8. The molecule has 31 heavy (non-hydrogen) atoms. The van der Waals surface area contributed by atoms with Crippen molar-refractivity contribution >= 4 is 17.9 Å². The summed E-state index contributed by atoms with van der Waals surface area (Å²) in [6.45, 7) is 2.08. The van der Waals surface area contributed by atoms with E-state index in [4.69, 9.17) is 14.6 Å². The van der Waals surface area contributed by atoms with E-state index in [-0.39, 0.29) is 13.2 Å². The molecule has 0 bridgehead atoms. The van der Waals surface area contributed by atoms with Crippen molar-refractivity contribution < 1.29 is 28.6 Å². The highest BCUT2D eigenvalue weighted by atomic mass is 19.1. The van der Waals surface area contributed by atoms with E-state index in [2.05, 4.69) is 5.32 Å². The topological polar surface area (TPSA) is 91.3 Å². The molecule has 0 saturated carbocycles. The van der Waals surface area contributed by atoms with Crippen LogP contribution in [0.1, 0.15) is 11.1 Å². The van der Waals surface area contributed by atoms with Gasteiger partial charge in [0, 0.05) is 49.9 Å². The van der Waals surface area contributed by atoms with Crippen molar-refractivity contribution in [3.63, 3.8) is 0 Å². The largest absolute Gasteiger partial charge is 0.491 e. The number of piperazine rings is 1. The van der Waals surface area contributed by atoms with E-state index in [1.54, 1.807) is 6.07 Å². The molecule has 164 valence electrons. The summed E-state index contributed by atoms with van der Waals surface area (Å²) in [6, 6.07) is 12.2. The minimum Gasteiger partial charge on any atom is -0.491 e. The van der Waals surface area contributed by atoms with Gasteiger partial charge in [-0.05, 0) is 11.6 Å². The normalized spacial score (nSPS) is 18.0. The molecule has 2 aliphatic heterocycles. The molecule has 2 aromatic rings. The number of carboxylic acid groups (broad SMARTS) is 1. The first-order valence-corrected chi connectivity index (χ1v) is 10.1. The summed E-state index contributed by atoms with van der Waals surface area (Å²) in [5.74, 6) is 0.0451. The van der Waals surface area contributed by atoms with E-state index < -0.39 is 24.0 Å². The van der Waals surface area contributed by atoms with Crippen LogP contribution in [-0.2, 0) is 17.8 Å². The molecule has 0 spiro atoms. The number of hydrogen-bond acceptors (Lipinski definition) is 5. The summed E-state index contributed by atoms with van der Waals surface area (Å²) >= 11 is 0. The third-order valence-corrected chi connectivity index (χ3v) is 5.48. The Hall–Kier alpha value is -3.49. The maximum absolute atomic E-state index is 14.8. The van der Waals surface area contributed by atoms with Crippen LogP contribution in [0.2, 0.25) is 0 Å². The van der Waals surface area contributed by atoms with E-state index in [0.29, 0.717) is 49.6 Å². The number of rotatable bonds is 4. The molecule has 1 atom stereocenters. The van der Waals surface area contributed by atoms with Gasteiger partial charge in [0.1, 0.15) is 24.8 Å². The maximum Gasteiger partial charge on any atom is 0.407 e. The first-order valence-electron chi connectivity index (χ1n) is 10.1. The quantitative estimate of drug-likeness (QED) is 0.777. The molecule has 0 aromatic heterocycles. The number of halogens is 1. The molecule has 8 nitrogen and oxygen atoms in total. The van der Waals surface area contributed by atoms with E-state index >= 15 is 0 Å². The number of nitrogens with zero attached hydrogens (tertiary/aromatic N) is 2. The lowest BCUT2D eigenvalue weighted by Gasteiger charge is -2.35. The standard InChI is InChI=1S/C22H24FN3O5/c23-19-11-17(25-6-8-26(9-7-25)22(28)29)12-20-18(19)10-16(14-30-20)24-21(27)31-13-15-4-2-1-3-5-15/h1-5,11-12,16H,6-10,13-14H2,(H,24,27)(H,28,29)/t16-/m1/s1. The minimum absolute atomic E-state index is 0.156. The first kappa shape index (κ1) is 20.8. The van der Waals surface area contributed by atoms with Crippen molar-refractivity contribution in [2.24, 2.45) is 0 Å².